The van der Waals surface area contributed by atoms with Crippen LogP contribution < -0.4 is 0 Å². The molecule has 102 valence electrons. The highest BCUT2D eigenvalue weighted by Gasteiger charge is 2.19. The van der Waals surface area contributed by atoms with Gasteiger partial charge in [0.15, 0.2) is 0 Å². The number of nitro benzene ring substituents is 2. The zero-order valence-electron chi connectivity index (χ0n) is 9.35. The number of aliphatic carboxylic acids is 1. The van der Waals surface area contributed by atoms with Crippen LogP contribution in [0.25, 0.3) is 0 Å². The van der Waals surface area contributed by atoms with Crippen molar-refractivity contribution in [3.8, 4) is 0 Å². The van der Waals surface area contributed by atoms with Crippen LogP contribution in [0.1, 0.15) is 6.42 Å². The molecule has 0 saturated heterocycles. The fourth-order valence-corrected chi connectivity index (χ4v) is 3.18. The summed E-state index contributed by atoms with van der Waals surface area (Å²) in [4.78, 5) is 30.5. The molecule has 0 heterocycles. The molecular weight excluding hydrogens is 296 g/mol. The molecule has 8 nitrogen and oxygen atoms in total. The largest absolute Gasteiger partial charge is 0.481 e. The van der Waals surface area contributed by atoms with E-state index < -0.39 is 15.8 Å². The Morgan fingerprint density at radius 1 is 1.26 bits per heavy atom. The van der Waals surface area contributed by atoms with Crippen LogP contribution in [0, 0.1) is 20.2 Å². The van der Waals surface area contributed by atoms with E-state index in [4.69, 9.17) is 5.11 Å². The van der Waals surface area contributed by atoms with Crippen molar-refractivity contribution >= 4 is 38.9 Å². The highest BCUT2D eigenvalue weighted by Crippen LogP contribution is 2.39. The summed E-state index contributed by atoms with van der Waals surface area (Å²) in [6.07, 6.45) is -0.0571. The van der Waals surface area contributed by atoms with Crippen LogP contribution in [0.4, 0.5) is 11.4 Å². The molecule has 0 spiro atoms. The van der Waals surface area contributed by atoms with E-state index in [1.165, 1.54) is 12.1 Å². The molecule has 0 aliphatic heterocycles. The van der Waals surface area contributed by atoms with E-state index in [2.05, 4.69) is 0 Å². The number of carbonyl (C=O) groups is 1. The molecule has 1 aromatic rings. The number of benzene rings is 1. The van der Waals surface area contributed by atoms with Gasteiger partial charge in [-0.05, 0) is 6.07 Å². The highest BCUT2D eigenvalue weighted by molar-refractivity contribution is 8.76. The van der Waals surface area contributed by atoms with Crippen LogP contribution in [0.15, 0.2) is 23.1 Å². The van der Waals surface area contributed by atoms with Gasteiger partial charge in [0.1, 0.15) is 0 Å². The lowest BCUT2D eigenvalue weighted by Gasteiger charge is -2.01. The van der Waals surface area contributed by atoms with Crippen molar-refractivity contribution in [3.63, 3.8) is 0 Å². The van der Waals surface area contributed by atoms with Gasteiger partial charge in [-0.25, -0.2) is 0 Å². The summed E-state index contributed by atoms with van der Waals surface area (Å²) in [7, 11) is 2.17. The fourth-order valence-electron chi connectivity index (χ4n) is 1.07. The number of non-ortho nitro benzene ring substituents is 1. The summed E-state index contributed by atoms with van der Waals surface area (Å²) in [6, 6.07) is 3.35. The first-order valence-electron chi connectivity index (χ1n) is 4.86. The standard InChI is InChI=1S/C9H8N2O6S2/c12-9(13)3-4-18-19-8-2-1-6(10(14)15)5-7(8)11(16)17/h1-2,5H,3-4H2,(H,12,13). The molecule has 0 aliphatic rings. The molecule has 10 heteroatoms. The Hall–Kier alpha value is -1.81. The molecule has 0 fully saturated rings. The van der Waals surface area contributed by atoms with Gasteiger partial charge in [0.25, 0.3) is 11.4 Å². The van der Waals surface area contributed by atoms with Gasteiger partial charge in [0.05, 0.1) is 27.2 Å². The first kappa shape index (κ1) is 15.2. The number of carboxylic acid groups (broad SMARTS) is 1. The number of nitrogens with zero attached hydrogens (tertiary/aromatic N) is 2. The Kier molecular flexibility index (Phi) is 5.57. The first-order chi connectivity index (χ1) is 8.91. The summed E-state index contributed by atoms with van der Waals surface area (Å²) in [5, 5.41) is 29.8. The van der Waals surface area contributed by atoms with Gasteiger partial charge in [-0.1, -0.05) is 21.6 Å². The molecule has 1 rings (SSSR count). The number of nitro groups is 2. The molecule has 0 radical (unpaired) electrons. The molecule has 0 atom stereocenters. The SMILES string of the molecule is O=C(O)CCSSc1ccc([N+](=O)[O-])cc1[N+](=O)[O-]. The Labute approximate surface area is 114 Å². The van der Waals surface area contributed by atoms with Crippen LogP contribution in [0.5, 0.6) is 0 Å². The summed E-state index contributed by atoms with van der Waals surface area (Å²) in [5.74, 6) is -0.667. The molecule has 0 bridgehead atoms. The molecule has 1 aromatic carbocycles. The van der Waals surface area contributed by atoms with Crippen molar-refractivity contribution in [3.05, 3.63) is 38.4 Å². The Morgan fingerprint density at radius 3 is 2.47 bits per heavy atom. The van der Waals surface area contributed by atoms with Crippen molar-refractivity contribution in [2.75, 3.05) is 5.75 Å². The molecule has 0 aromatic heterocycles. The topological polar surface area (TPSA) is 124 Å². The second-order valence-electron chi connectivity index (χ2n) is 3.22. The Bertz CT molecular complexity index is 521. The van der Waals surface area contributed by atoms with E-state index in [1.54, 1.807) is 0 Å². The van der Waals surface area contributed by atoms with Gasteiger partial charge in [-0.2, -0.15) is 0 Å². The number of hydrogen-bond acceptors (Lipinski definition) is 7. The van der Waals surface area contributed by atoms with Crippen LogP contribution in [0.2, 0.25) is 0 Å². The van der Waals surface area contributed by atoms with Crippen LogP contribution in [0.3, 0.4) is 0 Å². The zero-order valence-corrected chi connectivity index (χ0v) is 11.0. The van der Waals surface area contributed by atoms with Crippen molar-refractivity contribution < 1.29 is 19.7 Å². The molecule has 19 heavy (non-hydrogen) atoms. The third-order valence-corrected chi connectivity index (χ3v) is 4.30. The van der Waals surface area contributed by atoms with Gasteiger partial charge in [0, 0.05) is 11.8 Å². The minimum Gasteiger partial charge on any atom is -0.481 e. The van der Waals surface area contributed by atoms with Crippen molar-refractivity contribution in [1.29, 1.82) is 0 Å². The van der Waals surface area contributed by atoms with Crippen LogP contribution >= 0.6 is 21.6 Å². The summed E-state index contributed by atoms with van der Waals surface area (Å²) >= 11 is 0. The van der Waals surface area contributed by atoms with E-state index in [1.807, 2.05) is 0 Å². The maximum Gasteiger partial charge on any atom is 0.304 e. The van der Waals surface area contributed by atoms with Crippen LogP contribution in [-0.2, 0) is 4.79 Å². The zero-order chi connectivity index (χ0) is 14.4. The number of rotatable bonds is 7. The number of hydrogen-bond donors (Lipinski definition) is 1. The van der Waals surface area contributed by atoms with E-state index in [-0.39, 0.29) is 28.4 Å². The lowest BCUT2D eigenvalue weighted by molar-refractivity contribution is -0.396. The summed E-state index contributed by atoms with van der Waals surface area (Å²) < 4.78 is 0. The summed E-state index contributed by atoms with van der Waals surface area (Å²) in [5.41, 5.74) is -0.714. The smallest absolute Gasteiger partial charge is 0.304 e. The van der Waals surface area contributed by atoms with Crippen molar-refractivity contribution in [2.45, 2.75) is 11.3 Å². The van der Waals surface area contributed by atoms with E-state index in [0.717, 1.165) is 27.7 Å². The molecular formula is C9H8N2O6S2. The quantitative estimate of drug-likeness (QED) is 0.353. The van der Waals surface area contributed by atoms with E-state index >= 15 is 0 Å². The maximum atomic E-state index is 10.8. The van der Waals surface area contributed by atoms with Gasteiger partial charge < -0.3 is 5.11 Å². The second kappa shape index (κ2) is 6.95. The van der Waals surface area contributed by atoms with E-state index in [0.29, 0.717) is 0 Å². The third kappa shape index (κ3) is 4.75. The molecule has 0 amide bonds. The number of carboxylic acids is 1. The predicted molar refractivity (Wildman–Crippen MR) is 70.3 cm³/mol. The van der Waals surface area contributed by atoms with Crippen molar-refractivity contribution in [1.82, 2.24) is 0 Å². The summed E-state index contributed by atoms with van der Waals surface area (Å²) in [6.45, 7) is 0. The molecule has 0 unspecified atom stereocenters. The lowest BCUT2D eigenvalue weighted by Crippen LogP contribution is -1.95. The normalized spacial score (nSPS) is 10.1. The minimum absolute atomic E-state index is 0.0571. The van der Waals surface area contributed by atoms with Gasteiger partial charge in [-0.15, -0.1) is 0 Å². The van der Waals surface area contributed by atoms with E-state index in [9.17, 15) is 25.0 Å². The first-order valence-corrected chi connectivity index (χ1v) is 7.18. The molecule has 0 aliphatic carbocycles. The predicted octanol–water partition coefficient (Wildman–Crippen LogP) is 2.72. The van der Waals surface area contributed by atoms with Crippen molar-refractivity contribution in [2.24, 2.45) is 0 Å². The second-order valence-corrected chi connectivity index (χ2v) is 5.67. The Balaban J connectivity index is 2.79. The fraction of sp³-hybridized carbons (Fsp3) is 0.222. The monoisotopic (exact) mass is 304 g/mol. The van der Waals surface area contributed by atoms with Gasteiger partial charge >= 0.3 is 5.97 Å². The average molecular weight is 304 g/mol. The van der Waals surface area contributed by atoms with Gasteiger partial charge in [-0.3, -0.25) is 25.0 Å². The lowest BCUT2D eigenvalue weighted by atomic mass is 10.3. The molecule has 0 saturated carbocycles. The van der Waals surface area contributed by atoms with Gasteiger partial charge in [0.2, 0.25) is 0 Å². The average Bonchev–Trinajstić information content (AvgIpc) is 2.34. The minimum atomic E-state index is -0.953. The Morgan fingerprint density at radius 2 is 1.95 bits per heavy atom. The molecule has 1 N–H and O–H groups in total. The van der Waals surface area contributed by atoms with Crippen LogP contribution in [-0.4, -0.2) is 26.7 Å². The highest BCUT2D eigenvalue weighted by atomic mass is 33.1. The third-order valence-electron chi connectivity index (χ3n) is 1.90. The maximum absolute atomic E-state index is 10.8.